The highest BCUT2D eigenvalue weighted by molar-refractivity contribution is 7.98. The fourth-order valence-corrected chi connectivity index (χ4v) is 2.10. The van der Waals surface area contributed by atoms with Crippen LogP contribution in [-0.2, 0) is 0 Å². The Labute approximate surface area is 103 Å². The molecule has 90 valence electrons. The molecule has 0 spiro atoms. The summed E-state index contributed by atoms with van der Waals surface area (Å²) in [5, 5.41) is 3.39. The number of hydrogen-bond donors (Lipinski definition) is 2. The summed E-state index contributed by atoms with van der Waals surface area (Å²) in [5.41, 5.74) is 7.65. The second-order valence-corrected chi connectivity index (χ2v) is 4.94. The lowest BCUT2D eigenvalue weighted by Crippen LogP contribution is -2.01. The van der Waals surface area contributed by atoms with Crippen molar-refractivity contribution in [1.82, 2.24) is 0 Å². The van der Waals surface area contributed by atoms with Gasteiger partial charge in [0.15, 0.2) is 0 Å². The van der Waals surface area contributed by atoms with Crippen molar-refractivity contribution in [3.8, 4) is 0 Å². The van der Waals surface area contributed by atoms with Crippen molar-refractivity contribution in [2.24, 2.45) is 0 Å². The van der Waals surface area contributed by atoms with Crippen LogP contribution in [0, 0.1) is 0 Å². The van der Waals surface area contributed by atoms with Crippen LogP contribution in [-0.4, -0.2) is 18.6 Å². The molecule has 0 bridgehead atoms. The highest BCUT2D eigenvalue weighted by Gasteiger charge is 1.93. The van der Waals surface area contributed by atoms with E-state index < -0.39 is 0 Å². The fourth-order valence-electron chi connectivity index (χ4n) is 1.61. The Bertz CT molecular complexity index is 289. The van der Waals surface area contributed by atoms with Gasteiger partial charge in [-0.05, 0) is 43.0 Å². The lowest BCUT2D eigenvalue weighted by atomic mass is 10.2. The maximum atomic E-state index is 5.70. The Hall–Kier alpha value is -0.830. The maximum absolute atomic E-state index is 5.70. The van der Waals surface area contributed by atoms with Gasteiger partial charge in [-0.1, -0.05) is 18.9 Å². The first-order valence-electron chi connectivity index (χ1n) is 5.91. The van der Waals surface area contributed by atoms with E-state index >= 15 is 0 Å². The summed E-state index contributed by atoms with van der Waals surface area (Å²) in [6.07, 6.45) is 7.42. The zero-order valence-electron chi connectivity index (χ0n) is 10.0. The Morgan fingerprint density at radius 3 is 2.75 bits per heavy atom. The summed E-state index contributed by atoms with van der Waals surface area (Å²) in [4.78, 5) is 0. The number of benzene rings is 1. The van der Waals surface area contributed by atoms with Crippen molar-refractivity contribution in [2.45, 2.75) is 25.7 Å². The minimum Gasteiger partial charge on any atom is -0.399 e. The van der Waals surface area contributed by atoms with Crippen molar-refractivity contribution in [3.63, 3.8) is 0 Å². The molecule has 0 aliphatic heterocycles. The first-order valence-corrected chi connectivity index (χ1v) is 7.30. The number of hydrogen-bond acceptors (Lipinski definition) is 3. The molecule has 0 aliphatic carbocycles. The van der Waals surface area contributed by atoms with E-state index in [1.807, 2.05) is 30.0 Å². The zero-order chi connectivity index (χ0) is 11.6. The van der Waals surface area contributed by atoms with E-state index in [1.165, 1.54) is 31.4 Å². The fraction of sp³-hybridized carbons (Fsp3) is 0.538. The van der Waals surface area contributed by atoms with E-state index in [4.69, 9.17) is 5.73 Å². The van der Waals surface area contributed by atoms with Crippen molar-refractivity contribution < 1.29 is 0 Å². The van der Waals surface area contributed by atoms with Crippen molar-refractivity contribution >= 4 is 23.1 Å². The summed E-state index contributed by atoms with van der Waals surface area (Å²) in [6.45, 7) is 1.04. The van der Waals surface area contributed by atoms with Gasteiger partial charge in [0.1, 0.15) is 0 Å². The Morgan fingerprint density at radius 2 is 2.00 bits per heavy atom. The van der Waals surface area contributed by atoms with Crippen LogP contribution in [0.5, 0.6) is 0 Å². The van der Waals surface area contributed by atoms with Crippen LogP contribution in [0.3, 0.4) is 0 Å². The van der Waals surface area contributed by atoms with Crippen molar-refractivity contribution in [2.75, 3.05) is 29.6 Å². The molecule has 2 nitrogen and oxygen atoms in total. The van der Waals surface area contributed by atoms with E-state index in [0.717, 1.165) is 17.9 Å². The van der Waals surface area contributed by atoms with Gasteiger partial charge >= 0.3 is 0 Å². The molecule has 0 heterocycles. The van der Waals surface area contributed by atoms with Gasteiger partial charge in [0.05, 0.1) is 0 Å². The van der Waals surface area contributed by atoms with Crippen LogP contribution in [0.15, 0.2) is 24.3 Å². The van der Waals surface area contributed by atoms with Gasteiger partial charge in [-0.3, -0.25) is 0 Å². The molecule has 0 unspecified atom stereocenters. The van der Waals surface area contributed by atoms with Crippen molar-refractivity contribution in [3.05, 3.63) is 24.3 Å². The topological polar surface area (TPSA) is 38.0 Å². The van der Waals surface area contributed by atoms with Crippen LogP contribution in [0.2, 0.25) is 0 Å². The van der Waals surface area contributed by atoms with Gasteiger partial charge in [-0.25, -0.2) is 0 Å². The summed E-state index contributed by atoms with van der Waals surface area (Å²) in [6, 6.07) is 7.93. The van der Waals surface area contributed by atoms with E-state index in [-0.39, 0.29) is 0 Å². The molecule has 0 aliphatic rings. The molecule has 3 heteroatoms. The zero-order valence-corrected chi connectivity index (χ0v) is 10.9. The van der Waals surface area contributed by atoms with Crippen LogP contribution >= 0.6 is 11.8 Å². The minimum absolute atomic E-state index is 0.824. The average Bonchev–Trinajstić information content (AvgIpc) is 2.28. The minimum atomic E-state index is 0.824. The van der Waals surface area contributed by atoms with Crippen LogP contribution < -0.4 is 11.1 Å². The van der Waals surface area contributed by atoms with E-state index in [1.54, 1.807) is 0 Å². The van der Waals surface area contributed by atoms with Gasteiger partial charge in [0.25, 0.3) is 0 Å². The maximum Gasteiger partial charge on any atom is 0.0360 e. The number of nitrogen functional groups attached to an aromatic ring is 1. The van der Waals surface area contributed by atoms with E-state index in [2.05, 4.69) is 17.6 Å². The number of nitrogens with two attached hydrogens (primary N) is 1. The molecular weight excluding hydrogens is 216 g/mol. The molecular formula is C13H22N2S. The Morgan fingerprint density at radius 1 is 1.19 bits per heavy atom. The van der Waals surface area contributed by atoms with Gasteiger partial charge < -0.3 is 11.1 Å². The Balaban J connectivity index is 2.03. The highest BCUT2D eigenvalue weighted by atomic mass is 32.2. The molecule has 0 aromatic heterocycles. The molecule has 1 aromatic carbocycles. The highest BCUT2D eigenvalue weighted by Crippen LogP contribution is 2.12. The summed E-state index contributed by atoms with van der Waals surface area (Å²) in [7, 11) is 0. The normalized spacial score (nSPS) is 10.3. The predicted molar refractivity (Wildman–Crippen MR) is 76.2 cm³/mol. The third-order valence-electron chi connectivity index (χ3n) is 2.49. The third-order valence-corrected chi connectivity index (χ3v) is 3.19. The number of anilines is 2. The van der Waals surface area contributed by atoms with E-state index in [9.17, 15) is 0 Å². The molecule has 1 rings (SSSR count). The molecule has 0 atom stereocenters. The smallest absolute Gasteiger partial charge is 0.0360 e. The number of unbranched alkanes of at least 4 members (excludes halogenated alkanes) is 3. The molecule has 0 radical (unpaired) electrons. The number of thioether (sulfide) groups is 1. The predicted octanol–water partition coefficient (Wildman–Crippen LogP) is 3.60. The quantitative estimate of drug-likeness (QED) is 0.537. The lowest BCUT2D eigenvalue weighted by Gasteiger charge is -2.06. The Kier molecular flexibility index (Phi) is 6.90. The van der Waals surface area contributed by atoms with Gasteiger partial charge in [-0.2, -0.15) is 11.8 Å². The summed E-state index contributed by atoms with van der Waals surface area (Å²) < 4.78 is 0. The standard InChI is InChI=1S/C13H22N2S/c1-16-10-5-3-2-4-9-15-13-8-6-7-12(14)11-13/h6-8,11,15H,2-5,9-10,14H2,1H3. The monoisotopic (exact) mass is 238 g/mol. The van der Waals surface area contributed by atoms with Gasteiger partial charge in [0, 0.05) is 17.9 Å². The summed E-state index contributed by atoms with van der Waals surface area (Å²) >= 11 is 1.93. The number of nitrogens with one attached hydrogen (secondary N) is 1. The van der Waals surface area contributed by atoms with Crippen LogP contribution in [0.1, 0.15) is 25.7 Å². The molecule has 16 heavy (non-hydrogen) atoms. The third kappa shape index (κ3) is 5.91. The SMILES string of the molecule is CSCCCCCCNc1cccc(N)c1. The van der Waals surface area contributed by atoms with Crippen LogP contribution in [0.4, 0.5) is 11.4 Å². The lowest BCUT2D eigenvalue weighted by molar-refractivity contribution is 0.689. The molecule has 0 saturated heterocycles. The second-order valence-electron chi connectivity index (χ2n) is 3.96. The molecule has 3 N–H and O–H groups in total. The van der Waals surface area contributed by atoms with Gasteiger partial charge in [0.2, 0.25) is 0 Å². The average molecular weight is 238 g/mol. The molecule has 0 amide bonds. The first-order chi connectivity index (χ1) is 7.83. The molecule has 0 saturated carbocycles. The van der Waals surface area contributed by atoms with Crippen LogP contribution in [0.25, 0.3) is 0 Å². The first kappa shape index (κ1) is 13.2. The summed E-state index contributed by atoms with van der Waals surface area (Å²) in [5.74, 6) is 1.29. The van der Waals surface area contributed by atoms with Crippen molar-refractivity contribution in [1.29, 1.82) is 0 Å². The molecule has 1 aromatic rings. The van der Waals surface area contributed by atoms with Gasteiger partial charge in [-0.15, -0.1) is 0 Å². The second kappa shape index (κ2) is 8.34. The number of rotatable bonds is 8. The van der Waals surface area contributed by atoms with E-state index in [0.29, 0.717) is 0 Å². The molecule has 0 fully saturated rings. The largest absolute Gasteiger partial charge is 0.399 e.